The minimum atomic E-state index is -0.323. The Kier molecular flexibility index (Phi) is 8.21. The lowest BCUT2D eigenvalue weighted by atomic mass is 10.1. The molecule has 0 bridgehead atoms. The topological polar surface area (TPSA) is 88.2 Å². The van der Waals surface area contributed by atoms with Gasteiger partial charge in [0.2, 0.25) is 5.91 Å². The van der Waals surface area contributed by atoms with Gasteiger partial charge in [-0.1, -0.05) is 6.92 Å². The molecule has 0 radical (unpaired) electrons. The van der Waals surface area contributed by atoms with Gasteiger partial charge in [0.05, 0.1) is 19.8 Å². The molecule has 1 saturated heterocycles. The first kappa shape index (κ1) is 23.3. The zero-order chi connectivity index (χ0) is 22.9. The highest BCUT2D eigenvalue weighted by Crippen LogP contribution is 2.19. The Morgan fingerprint density at radius 3 is 2.31 bits per heavy atom. The number of benzene rings is 2. The van der Waals surface area contributed by atoms with E-state index in [0.29, 0.717) is 36.6 Å². The fourth-order valence-corrected chi connectivity index (χ4v) is 3.28. The number of carbonyl (C=O) groups excluding carboxylic acids is 3. The van der Waals surface area contributed by atoms with Gasteiger partial charge in [0, 0.05) is 43.5 Å². The van der Waals surface area contributed by atoms with Crippen molar-refractivity contribution < 1.29 is 23.9 Å². The van der Waals surface area contributed by atoms with Gasteiger partial charge in [0.1, 0.15) is 5.75 Å². The quantitative estimate of drug-likeness (QED) is 0.605. The molecule has 2 aromatic rings. The number of morpholine rings is 1. The van der Waals surface area contributed by atoms with Gasteiger partial charge in [-0.2, -0.15) is 0 Å². The number of ketones is 1. The smallest absolute Gasteiger partial charge is 0.260 e. The van der Waals surface area contributed by atoms with E-state index in [9.17, 15) is 14.4 Å². The van der Waals surface area contributed by atoms with Crippen molar-refractivity contribution in [3.05, 3.63) is 54.1 Å². The van der Waals surface area contributed by atoms with Crippen LogP contribution in [-0.4, -0.2) is 69.0 Å². The van der Waals surface area contributed by atoms with Crippen LogP contribution < -0.4 is 15.0 Å². The molecule has 3 rings (SSSR count). The van der Waals surface area contributed by atoms with Crippen molar-refractivity contribution in [2.45, 2.75) is 13.3 Å². The molecule has 1 aliphatic rings. The van der Waals surface area contributed by atoms with Gasteiger partial charge >= 0.3 is 0 Å². The number of carbonyl (C=O) groups is 3. The largest absolute Gasteiger partial charge is 0.484 e. The number of rotatable bonds is 9. The van der Waals surface area contributed by atoms with Gasteiger partial charge < -0.3 is 24.6 Å². The zero-order valence-corrected chi connectivity index (χ0v) is 18.5. The molecule has 8 heteroatoms. The molecule has 0 unspecified atom stereocenters. The van der Waals surface area contributed by atoms with E-state index in [1.807, 2.05) is 24.3 Å². The summed E-state index contributed by atoms with van der Waals surface area (Å²) >= 11 is 0. The fraction of sp³-hybridized carbons (Fsp3) is 0.375. The zero-order valence-electron chi connectivity index (χ0n) is 18.5. The molecular weight excluding hydrogens is 410 g/mol. The molecule has 0 saturated carbocycles. The summed E-state index contributed by atoms with van der Waals surface area (Å²) in [6, 6.07) is 14.3. The summed E-state index contributed by atoms with van der Waals surface area (Å²) in [5.41, 5.74) is 2.37. The maximum atomic E-state index is 12.3. The highest BCUT2D eigenvalue weighted by molar-refractivity contribution is 5.96. The van der Waals surface area contributed by atoms with Crippen LogP contribution in [0.1, 0.15) is 23.7 Å². The average molecular weight is 440 g/mol. The van der Waals surface area contributed by atoms with Crippen molar-refractivity contribution in [1.29, 1.82) is 0 Å². The molecule has 2 aromatic carbocycles. The summed E-state index contributed by atoms with van der Waals surface area (Å²) < 4.78 is 10.8. The standard InChI is InChI=1S/C24H29N3O5/c1-3-22(28)18-4-10-21(11-5-18)32-17-24(30)26(2)16-23(29)25-19-6-8-20(9-7-19)27-12-14-31-15-13-27/h4-11H,3,12-17H2,1-2H3,(H,25,29). The van der Waals surface area contributed by atoms with Crippen LogP contribution in [0.5, 0.6) is 5.75 Å². The second kappa shape index (κ2) is 11.3. The minimum absolute atomic E-state index is 0.0501. The van der Waals surface area contributed by atoms with E-state index in [1.54, 1.807) is 38.2 Å². The highest BCUT2D eigenvalue weighted by atomic mass is 16.5. The Labute approximate surface area is 188 Å². The summed E-state index contributed by atoms with van der Waals surface area (Å²) in [4.78, 5) is 39.8. The molecule has 8 nitrogen and oxygen atoms in total. The first-order valence-corrected chi connectivity index (χ1v) is 10.7. The third-order valence-corrected chi connectivity index (χ3v) is 5.19. The molecule has 1 fully saturated rings. The summed E-state index contributed by atoms with van der Waals surface area (Å²) in [5.74, 6) is -0.0720. The van der Waals surface area contributed by atoms with E-state index in [-0.39, 0.29) is 30.7 Å². The molecule has 2 amide bonds. The van der Waals surface area contributed by atoms with E-state index in [0.717, 1.165) is 18.8 Å². The Hall–Kier alpha value is -3.39. The molecule has 170 valence electrons. The molecule has 1 N–H and O–H groups in total. The van der Waals surface area contributed by atoms with Crippen molar-refractivity contribution in [3.8, 4) is 5.75 Å². The minimum Gasteiger partial charge on any atom is -0.484 e. The molecule has 1 heterocycles. The molecule has 0 spiro atoms. The Bertz CT molecular complexity index is 922. The lowest BCUT2D eigenvalue weighted by Crippen LogP contribution is -2.37. The van der Waals surface area contributed by atoms with Crippen LogP contribution >= 0.6 is 0 Å². The highest BCUT2D eigenvalue weighted by Gasteiger charge is 2.15. The summed E-state index contributed by atoms with van der Waals surface area (Å²) in [6.45, 7) is 4.65. The third kappa shape index (κ3) is 6.55. The molecule has 0 aromatic heterocycles. The first-order valence-electron chi connectivity index (χ1n) is 10.7. The van der Waals surface area contributed by atoms with E-state index in [4.69, 9.17) is 9.47 Å². The van der Waals surface area contributed by atoms with Gasteiger partial charge in [-0.15, -0.1) is 0 Å². The number of anilines is 2. The van der Waals surface area contributed by atoms with E-state index in [2.05, 4.69) is 10.2 Å². The van der Waals surface area contributed by atoms with Gasteiger partial charge in [-0.05, 0) is 48.5 Å². The van der Waals surface area contributed by atoms with Crippen LogP contribution in [0.3, 0.4) is 0 Å². The number of ether oxygens (including phenoxy) is 2. The predicted molar refractivity (Wildman–Crippen MR) is 122 cm³/mol. The number of nitrogens with zero attached hydrogens (tertiary/aromatic N) is 2. The first-order chi connectivity index (χ1) is 15.5. The predicted octanol–water partition coefficient (Wildman–Crippen LogP) is 2.59. The number of hydrogen-bond donors (Lipinski definition) is 1. The summed E-state index contributed by atoms with van der Waals surface area (Å²) in [7, 11) is 1.55. The van der Waals surface area contributed by atoms with Gasteiger partial charge in [0.25, 0.3) is 5.91 Å². The third-order valence-electron chi connectivity index (χ3n) is 5.19. The van der Waals surface area contributed by atoms with Gasteiger partial charge in [-0.3, -0.25) is 14.4 Å². The monoisotopic (exact) mass is 439 g/mol. The van der Waals surface area contributed by atoms with Crippen LogP contribution in [0.25, 0.3) is 0 Å². The number of amides is 2. The van der Waals surface area contributed by atoms with Crippen molar-refractivity contribution in [2.75, 3.05) is 56.7 Å². The summed E-state index contributed by atoms with van der Waals surface area (Å²) in [5, 5.41) is 2.81. The van der Waals surface area contributed by atoms with Gasteiger partial charge in [0.15, 0.2) is 12.4 Å². The van der Waals surface area contributed by atoms with E-state index < -0.39 is 0 Å². The Morgan fingerprint density at radius 1 is 1.03 bits per heavy atom. The number of likely N-dealkylation sites (N-methyl/N-ethyl adjacent to an activating group) is 1. The fourth-order valence-electron chi connectivity index (χ4n) is 3.28. The van der Waals surface area contributed by atoms with Crippen LogP contribution in [0, 0.1) is 0 Å². The SMILES string of the molecule is CCC(=O)c1ccc(OCC(=O)N(C)CC(=O)Nc2ccc(N3CCOCC3)cc2)cc1. The molecule has 0 aliphatic carbocycles. The molecule has 32 heavy (non-hydrogen) atoms. The second-order valence-electron chi connectivity index (χ2n) is 7.53. The summed E-state index contributed by atoms with van der Waals surface area (Å²) in [6.07, 6.45) is 0.434. The molecular formula is C24H29N3O5. The Morgan fingerprint density at radius 2 is 1.69 bits per heavy atom. The number of nitrogens with one attached hydrogen (secondary N) is 1. The number of Topliss-reactive ketones (excluding diaryl/α,β-unsaturated/α-hetero) is 1. The van der Waals surface area contributed by atoms with Crippen molar-refractivity contribution in [3.63, 3.8) is 0 Å². The normalized spacial score (nSPS) is 13.4. The van der Waals surface area contributed by atoms with Crippen LogP contribution in [0.4, 0.5) is 11.4 Å². The van der Waals surface area contributed by atoms with Crippen LogP contribution in [0.2, 0.25) is 0 Å². The van der Waals surface area contributed by atoms with Crippen LogP contribution in [0.15, 0.2) is 48.5 Å². The molecule has 0 atom stereocenters. The van der Waals surface area contributed by atoms with Gasteiger partial charge in [-0.25, -0.2) is 0 Å². The van der Waals surface area contributed by atoms with Crippen molar-refractivity contribution >= 4 is 29.0 Å². The second-order valence-corrected chi connectivity index (χ2v) is 7.53. The maximum absolute atomic E-state index is 12.3. The average Bonchev–Trinajstić information content (AvgIpc) is 2.83. The lowest BCUT2D eigenvalue weighted by Gasteiger charge is -2.28. The van der Waals surface area contributed by atoms with Crippen LogP contribution in [-0.2, 0) is 14.3 Å². The maximum Gasteiger partial charge on any atom is 0.260 e. The Balaban J connectivity index is 1.43. The van der Waals surface area contributed by atoms with E-state index >= 15 is 0 Å². The van der Waals surface area contributed by atoms with Crippen molar-refractivity contribution in [2.24, 2.45) is 0 Å². The van der Waals surface area contributed by atoms with Crippen molar-refractivity contribution in [1.82, 2.24) is 4.90 Å². The number of hydrogen-bond acceptors (Lipinski definition) is 6. The lowest BCUT2D eigenvalue weighted by molar-refractivity contribution is -0.135. The van der Waals surface area contributed by atoms with E-state index in [1.165, 1.54) is 4.90 Å². The molecule has 1 aliphatic heterocycles.